The van der Waals surface area contributed by atoms with Crippen molar-refractivity contribution < 1.29 is 0 Å². The van der Waals surface area contributed by atoms with Crippen LogP contribution in [0.5, 0.6) is 0 Å². The third-order valence-electron chi connectivity index (χ3n) is 12.9. The van der Waals surface area contributed by atoms with Crippen LogP contribution in [0.25, 0.3) is 0 Å². The number of benzene rings is 1. The molecular weight excluding hydrogens is 424 g/mol. The second-order valence-corrected chi connectivity index (χ2v) is 19.8. The number of hydrogen-bond donors (Lipinski definition) is 0. The van der Waals surface area contributed by atoms with Crippen molar-refractivity contribution >= 4 is 8.07 Å². The van der Waals surface area contributed by atoms with Gasteiger partial charge >= 0.3 is 0 Å². The normalized spacial score (nSPS) is 44.9. The smallest absolute Gasteiger partial charge is 0.0541 e. The Labute approximate surface area is 212 Å². The average Bonchev–Trinajstić information content (AvgIpc) is 3.55. The molecule has 0 bridgehead atoms. The van der Waals surface area contributed by atoms with E-state index in [1.54, 1.807) is 56.9 Å². The first-order valence-corrected chi connectivity index (χ1v) is 18.6. The van der Waals surface area contributed by atoms with E-state index in [1.165, 1.54) is 25.7 Å². The number of hydrogen-bond acceptors (Lipinski definition) is 0. The lowest BCUT2D eigenvalue weighted by Crippen LogP contribution is -2.44. The Kier molecular flexibility index (Phi) is 6.57. The lowest BCUT2D eigenvalue weighted by atomic mass is 9.67. The molecule has 0 aliphatic heterocycles. The van der Waals surface area contributed by atoms with Crippen LogP contribution in [0, 0.1) is 47.3 Å². The van der Waals surface area contributed by atoms with E-state index in [0.29, 0.717) is 0 Å². The number of fused-ring (bicyclic) bond motifs is 3. The molecule has 1 aromatic carbocycles. The Morgan fingerprint density at radius 3 is 2.12 bits per heavy atom. The third-order valence-corrected chi connectivity index (χ3v) is 18.0. The van der Waals surface area contributed by atoms with Crippen LogP contribution in [0.2, 0.25) is 24.2 Å². The van der Waals surface area contributed by atoms with Crippen molar-refractivity contribution in [2.24, 2.45) is 47.3 Å². The quantitative estimate of drug-likeness (QED) is 0.371. The summed E-state index contributed by atoms with van der Waals surface area (Å²) in [5.74, 6) is 9.27. The summed E-state index contributed by atoms with van der Waals surface area (Å²) in [5.41, 5.74) is 3.83. The topological polar surface area (TPSA) is 0 Å². The Balaban J connectivity index is 1.26. The SMILES string of the molecule is CC(CC1CC([Si](C)(C)C2CC(C)C3CCCCC32)C2CC3CCCC3CC12)c1ccccc1. The summed E-state index contributed by atoms with van der Waals surface area (Å²) in [6.07, 6.45) is 18.8. The predicted molar refractivity (Wildman–Crippen MR) is 149 cm³/mol. The molecule has 11 atom stereocenters. The molecule has 6 rings (SSSR count). The molecule has 5 saturated carbocycles. The van der Waals surface area contributed by atoms with Crippen molar-refractivity contribution in [2.75, 3.05) is 0 Å². The zero-order valence-corrected chi connectivity index (χ0v) is 23.7. The summed E-state index contributed by atoms with van der Waals surface area (Å²) in [6.45, 7) is 11.0. The van der Waals surface area contributed by atoms with Gasteiger partial charge in [0.2, 0.25) is 0 Å². The van der Waals surface area contributed by atoms with Crippen LogP contribution in [0.15, 0.2) is 30.3 Å². The highest BCUT2D eigenvalue weighted by molar-refractivity contribution is 6.80. The Hall–Kier alpha value is -0.563. The van der Waals surface area contributed by atoms with Gasteiger partial charge < -0.3 is 0 Å². The summed E-state index contributed by atoms with van der Waals surface area (Å²) >= 11 is 0. The lowest BCUT2D eigenvalue weighted by Gasteiger charge is -2.46. The standard InChI is InChI=1S/C33H52Si/c1-22(24-11-6-5-7-12-24)17-27-21-33(31-20-26-14-10-13-25(26)19-30(27)31)34(3,4)32-18-23(2)28-15-8-9-16-29(28)32/h5-7,11-12,22-23,25-33H,8-10,13-21H2,1-4H3. The third kappa shape index (κ3) is 4.08. The van der Waals surface area contributed by atoms with Gasteiger partial charge in [-0.15, -0.1) is 0 Å². The molecule has 0 saturated heterocycles. The molecule has 0 nitrogen and oxygen atoms in total. The molecule has 0 radical (unpaired) electrons. The molecule has 0 spiro atoms. The fourth-order valence-corrected chi connectivity index (χ4v) is 16.7. The van der Waals surface area contributed by atoms with Gasteiger partial charge in [-0.05, 0) is 108 Å². The van der Waals surface area contributed by atoms with Crippen LogP contribution in [0.1, 0.15) is 102 Å². The minimum atomic E-state index is -1.31. The lowest BCUT2D eigenvalue weighted by molar-refractivity contribution is 0.124. The van der Waals surface area contributed by atoms with Gasteiger partial charge in [-0.2, -0.15) is 0 Å². The molecule has 1 aromatic rings. The Bertz CT molecular complexity index is 828. The molecular formula is C33H52Si. The van der Waals surface area contributed by atoms with Gasteiger partial charge in [0.1, 0.15) is 0 Å². The van der Waals surface area contributed by atoms with Crippen LogP contribution < -0.4 is 0 Å². The fourth-order valence-electron chi connectivity index (χ4n) is 11.2. The zero-order valence-electron chi connectivity index (χ0n) is 22.7. The van der Waals surface area contributed by atoms with Gasteiger partial charge in [-0.25, -0.2) is 0 Å². The molecule has 5 aliphatic rings. The van der Waals surface area contributed by atoms with E-state index in [-0.39, 0.29) is 0 Å². The van der Waals surface area contributed by atoms with Crippen LogP contribution >= 0.6 is 0 Å². The van der Waals surface area contributed by atoms with Gasteiger partial charge in [0.05, 0.1) is 8.07 Å². The molecule has 5 fully saturated rings. The van der Waals surface area contributed by atoms with Crippen molar-refractivity contribution in [3.05, 3.63) is 35.9 Å². The molecule has 188 valence electrons. The molecule has 0 N–H and O–H groups in total. The highest BCUT2D eigenvalue weighted by Gasteiger charge is 2.58. The minimum absolute atomic E-state index is 0.728. The fraction of sp³-hybridized carbons (Fsp3) is 0.818. The van der Waals surface area contributed by atoms with E-state index in [1.807, 2.05) is 0 Å². The molecule has 0 amide bonds. The molecule has 0 heterocycles. The summed E-state index contributed by atoms with van der Waals surface area (Å²) < 4.78 is 0. The van der Waals surface area contributed by atoms with E-state index in [4.69, 9.17) is 0 Å². The van der Waals surface area contributed by atoms with Crippen LogP contribution in [-0.2, 0) is 0 Å². The second kappa shape index (κ2) is 9.39. The van der Waals surface area contributed by atoms with Crippen LogP contribution in [-0.4, -0.2) is 8.07 Å². The largest absolute Gasteiger partial charge is 0.0689 e. The van der Waals surface area contributed by atoms with E-state index in [0.717, 1.165) is 64.3 Å². The maximum atomic E-state index is 2.91. The molecule has 11 unspecified atom stereocenters. The van der Waals surface area contributed by atoms with Gasteiger partial charge in [0.15, 0.2) is 0 Å². The molecule has 5 aliphatic carbocycles. The minimum Gasteiger partial charge on any atom is -0.0689 e. The average molecular weight is 477 g/mol. The van der Waals surface area contributed by atoms with E-state index in [9.17, 15) is 0 Å². The summed E-state index contributed by atoms with van der Waals surface area (Å²) in [4.78, 5) is 0. The van der Waals surface area contributed by atoms with Crippen LogP contribution in [0.3, 0.4) is 0 Å². The van der Waals surface area contributed by atoms with Gasteiger partial charge in [-0.3, -0.25) is 0 Å². The first kappa shape index (κ1) is 23.8. The summed E-state index contributed by atoms with van der Waals surface area (Å²) in [6, 6.07) is 11.5. The summed E-state index contributed by atoms with van der Waals surface area (Å²) in [5, 5.41) is 0. The van der Waals surface area contributed by atoms with E-state index in [2.05, 4.69) is 57.3 Å². The monoisotopic (exact) mass is 476 g/mol. The second-order valence-electron chi connectivity index (χ2n) is 14.7. The van der Waals surface area contributed by atoms with E-state index >= 15 is 0 Å². The highest BCUT2D eigenvalue weighted by atomic mass is 28.3. The zero-order chi connectivity index (χ0) is 23.4. The van der Waals surface area contributed by atoms with Crippen LogP contribution in [0.4, 0.5) is 0 Å². The predicted octanol–water partition coefficient (Wildman–Crippen LogP) is 9.94. The van der Waals surface area contributed by atoms with Crippen molar-refractivity contribution in [3.63, 3.8) is 0 Å². The summed E-state index contributed by atoms with van der Waals surface area (Å²) in [7, 11) is -1.31. The van der Waals surface area contributed by atoms with Gasteiger partial charge in [0, 0.05) is 0 Å². The molecule has 0 aromatic heterocycles. The van der Waals surface area contributed by atoms with Gasteiger partial charge in [0.25, 0.3) is 0 Å². The maximum Gasteiger partial charge on any atom is 0.0541 e. The number of rotatable bonds is 5. The van der Waals surface area contributed by atoms with Crippen molar-refractivity contribution in [2.45, 2.75) is 121 Å². The first-order chi connectivity index (χ1) is 16.4. The van der Waals surface area contributed by atoms with Crippen molar-refractivity contribution in [1.82, 2.24) is 0 Å². The highest BCUT2D eigenvalue weighted by Crippen LogP contribution is 2.66. The molecule has 34 heavy (non-hydrogen) atoms. The van der Waals surface area contributed by atoms with Gasteiger partial charge in [-0.1, -0.05) is 95.8 Å². The van der Waals surface area contributed by atoms with Crippen molar-refractivity contribution in [3.8, 4) is 0 Å². The maximum absolute atomic E-state index is 2.91. The Morgan fingerprint density at radius 1 is 0.735 bits per heavy atom. The first-order valence-electron chi connectivity index (χ1n) is 15.5. The van der Waals surface area contributed by atoms with Crippen molar-refractivity contribution in [1.29, 1.82) is 0 Å². The van der Waals surface area contributed by atoms with E-state index < -0.39 is 8.07 Å². The molecule has 1 heteroatoms. The Morgan fingerprint density at radius 2 is 1.38 bits per heavy atom.